The first kappa shape index (κ1) is 22.1. The zero-order chi connectivity index (χ0) is 22.5. The summed E-state index contributed by atoms with van der Waals surface area (Å²) in [6.45, 7) is 3.06. The highest BCUT2D eigenvalue weighted by Crippen LogP contribution is 2.28. The van der Waals surface area contributed by atoms with E-state index in [4.69, 9.17) is 16.3 Å². The number of nitrogens with zero attached hydrogens (tertiary/aromatic N) is 2. The highest BCUT2D eigenvalue weighted by Gasteiger charge is 2.09. The first-order valence-corrected chi connectivity index (χ1v) is 11.2. The second-order valence-electron chi connectivity index (χ2n) is 7.40. The van der Waals surface area contributed by atoms with Crippen LogP contribution in [0.5, 0.6) is 5.75 Å². The minimum atomic E-state index is -0.214. The summed E-state index contributed by atoms with van der Waals surface area (Å²) in [6.07, 6.45) is 1.85. The van der Waals surface area contributed by atoms with Crippen LogP contribution in [0, 0.1) is 6.92 Å². The van der Waals surface area contributed by atoms with E-state index < -0.39 is 0 Å². The number of carbonyl (C=O) groups excluding carboxylic acids is 1. The Labute approximate surface area is 200 Å². The largest absolute Gasteiger partial charge is 0.487 e. The predicted octanol–water partition coefficient (Wildman–Crippen LogP) is 6.49. The molecular formula is C25H21BrClN3O2. The summed E-state index contributed by atoms with van der Waals surface area (Å²) in [7, 11) is 0. The van der Waals surface area contributed by atoms with Crippen LogP contribution in [0.25, 0.3) is 0 Å². The van der Waals surface area contributed by atoms with Gasteiger partial charge in [-0.1, -0.05) is 69.5 Å². The monoisotopic (exact) mass is 509 g/mol. The van der Waals surface area contributed by atoms with Crippen LogP contribution in [0.4, 0.5) is 5.82 Å². The van der Waals surface area contributed by atoms with E-state index in [0.717, 1.165) is 15.6 Å². The molecule has 0 aliphatic heterocycles. The molecule has 4 rings (SSSR count). The van der Waals surface area contributed by atoms with Gasteiger partial charge in [0.05, 0.1) is 11.6 Å². The van der Waals surface area contributed by atoms with E-state index in [9.17, 15) is 4.79 Å². The molecule has 7 heteroatoms. The average Bonchev–Trinajstić information content (AvgIpc) is 3.20. The van der Waals surface area contributed by atoms with Crippen LogP contribution in [0.3, 0.4) is 0 Å². The molecule has 1 aromatic heterocycles. The van der Waals surface area contributed by atoms with Crippen LogP contribution in [0.1, 0.15) is 27.0 Å². The summed E-state index contributed by atoms with van der Waals surface area (Å²) in [5.41, 5.74) is 3.84. The van der Waals surface area contributed by atoms with Crippen molar-refractivity contribution in [2.24, 2.45) is 0 Å². The third kappa shape index (κ3) is 5.78. The first-order chi connectivity index (χ1) is 15.5. The van der Waals surface area contributed by atoms with Crippen LogP contribution in [-0.4, -0.2) is 15.7 Å². The molecule has 4 aromatic rings. The number of amides is 1. The summed E-state index contributed by atoms with van der Waals surface area (Å²) in [6, 6.07) is 22.8. The number of halogens is 2. The number of hydrogen-bond donors (Lipinski definition) is 1. The topological polar surface area (TPSA) is 56.2 Å². The van der Waals surface area contributed by atoms with E-state index in [1.165, 1.54) is 5.56 Å². The van der Waals surface area contributed by atoms with E-state index in [0.29, 0.717) is 35.3 Å². The minimum absolute atomic E-state index is 0.214. The summed E-state index contributed by atoms with van der Waals surface area (Å²) < 4.78 is 8.46. The van der Waals surface area contributed by atoms with Crippen molar-refractivity contribution >= 4 is 39.3 Å². The standard InChI is InChI=1S/C25H21BrClN3O2/c1-17-3-2-4-19(13-17)15-30-12-11-24(29-30)28-25(31)20-7-5-18(6-8-20)16-32-23-10-9-21(26)14-22(23)27/h2-14H,15-16H2,1H3,(H,28,29,31). The van der Waals surface area contributed by atoms with E-state index >= 15 is 0 Å². The van der Waals surface area contributed by atoms with Gasteiger partial charge in [0.1, 0.15) is 12.4 Å². The van der Waals surface area contributed by atoms with Crippen molar-refractivity contribution in [2.75, 3.05) is 5.32 Å². The molecule has 0 radical (unpaired) electrons. The maximum Gasteiger partial charge on any atom is 0.256 e. The van der Waals surface area contributed by atoms with Crippen molar-refractivity contribution in [3.05, 3.63) is 111 Å². The van der Waals surface area contributed by atoms with Gasteiger partial charge in [0.25, 0.3) is 5.91 Å². The van der Waals surface area contributed by atoms with Gasteiger partial charge in [0, 0.05) is 22.3 Å². The molecular weight excluding hydrogens is 490 g/mol. The number of nitrogens with one attached hydrogen (secondary N) is 1. The third-order valence-electron chi connectivity index (χ3n) is 4.81. The Balaban J connectivity index is 1.33. The molecule has 0 aliphatic rings. The molecule has 1 amide bonds. The Hall–Kier alpha value is -3.09. The van der Waals surface area contributed by atoms with Gasteiger partial charge in [-0.05, 0) is 48.4 Å². The molecule has 0 aliphatic carbocycles. The van der Waals surface area contributed by atoms with Crippen LogP contribution in [0.15, 0.2) is 83.5 Å². The Morgan fingerprint density at radius 2 is 1.88 bits per heavy atom. The molecule has 0 bridgehead atoms. The number of hydrogen-bond acceptors (Lipinski definition) is 3. The summed E-state index contributed by atoms with van der Waals surface area (Å²) in [4.78, 5) is 12.6. The lowest BCUT2D eigenvalue weighted by Gasteiger charge is -2.09. The molecule has 1 N–H and O–H groups in total. The Bertz CT molecular complexity index is 1240. The molecule has 0 fully saturated rings. The fraction of sp³-hybridized carbons (Fsp3) is 0.120. The van der Waals surface area contributed by atoms with E-state index in [2.05, 4.69) is 51.5 Å². The van der Waals surface area contributed by atoms with Crippen molar-refractivity contribution < 1.29 is 9.53 Å². The Morgan fingerprint density at radius 1 is 1.06 bits per heavy atom. The van der Waals surface area contributed by atoms with Crippen LogP contribution in [0.2, 0.25) is 5.02 Å². The normalized spacial score (nSPS) is 10.7. The number of aromatic nitrogens is 2. The van der Waals surface area contributed by atoms with Gasteiger partial charge in [-0.3, -0.25) is 9.48 Å². The van der Waals surface area contributed by atoms with E-state index in [1.807, 2.05) is 36.5 Å². The Morgan fingerprint density at radius 3 is 2.62 bits per heavy atom. The van der Waals surface area contributed by atoms with E-state index in [1.54, 1.807) is 28.9 Å². The molecule has 5 nitrogen and oxygen atoms in total. The number of benzene rings is 3. The molecule has 0 spiro atoms. The lowest BCUT2D eigenvalue weighted by atomic mass is 10.1. The maximum atomic E-state index is 12.6. The van der Waals surface area contributed by atoms with Crippen LogP contribution < -0.4 is 10.1 Å². The molecule has 32 heavy (non-hydrogen) atoms. The summed E-state index contributed by atoms with van der Waals surface area (Å²) in [5, 5.41) is 7.83. The van der Waals surface area contributed by atoms with Gasteiger partial charge in [-0.25, -0.2) is 0 Å². The van der Waals surface area contributed by atoms with Gasteiger partial charge in [0.2, 0.25) is 0 Å². The molecule has 162 valence electrons. The molecule has 1 heterocycles. The second-order valence-corrected chi connectivity index (χ2v) is 8.72. The van der Waals surface area contributed by atoms with Gasteiger partial charge >= 0.3 is 0 Å². The first-order valence-electron chi connectivity index (χ1n) is 10.0. The van der Waals surface area contributed by atoms with Crippen LogP contribution in [-0.2, 0) is 13.2 Å². The average molecular weight is 511 g/mol. The lowest BCUT2D eigenvalue weighted by Crippen LogP contribution is -2.13. The highest BCUT2D eigenvalue weighted by molar-refractivity contribution is 9.10. The van der Waals surface area contributed by atoms with Crippen LogP contribution >= 0.6 is 27.5 Å². The number of anilines is 1. The summed E-state index contributed by atoms with van der Waals surface area (Å²) in [5.74, 6) is 0.909. The Kier molecular flexibility index (Phi) is 6.93. The van der Waals surface area contributed by atoms with Gasteiger partial charge in [-0.15, -0.1) is 0 Å². The third-order valence-corrected chi connectivity index (χ3v) is 5.60. The molecule has 0 saturated heterocycles. The molecule has 0 atom stereocenters. The fourth-order valence-corrected chi connectivity index (χ4v) is 3.94. The lowest BCUT2D eigenvalue weighted by molar-refractivity contribution is 0.102. The van der Waals surface area contributed by atoms with Crippen molar-refractivity contribution in [3.63, 3.8) is 0 Å². The quantitative estimate of drug-likeness (QED) is 0.309. The zero-order valence-corrected chi connectivity index (χ0v) is 19.7. The fourth-order valence-electron chi connectivity index (χ4n) is 3.21. The van der Waals surface area contributed by atoms with Gasteiger partial charge in [-0.2, -0.15) is 5.10 Å². The molecule has 0 unspecified atom stereocenters. The predicted molar refractivity (Wildman–Crippen MR) is 130 cm³/mol. The number of rotatable bonds is 7. The second kappa shape index (κ2) is 10.0. The van der Waals surface area contributed by atoms with Gasteiger partial charge in [0.15, 0.2) is 5.82 Å². The number of carbonyl (C=O) groups is 1. The van der Waals surface area contributed by atoms with E-state index in [-0.39, 0.29) is 5.91 Å². The van der Waals surface area contributed by atoms with Crippen molar-refractivity contribution in [2.45, 2.75) is 20.1 Å². The van der Waals surface area contributed by atoms with Crippen molar-refractivity contribution in [1.82, 2.24) is 9.78 Å². The summed E-state index contributed by atoms with van der Waals surface area (Å²) >= 11 is 9.55. The van der Waals surface area contributed by atoms with Crippen molar-refractivity contribution in [3.8, 4) is 5.75 Å². The number of ether oxygens (including phenoxy) is 1. The highest BCUT2D eigenvalue weighted by atomic mass is 79.9. The zero-order valence-electron chi connectivity index (χ0n) is 17.4. The smallest absolute Gasteiger partial charge is 0.256 e. The minimum Gasteiger partial charge on any atom is -0.487 e. The van der Waals surface area contributed by atoms with Gasteiger partial charge < -0.3 is 10.1 Å². The molecule has 3 aromatic carbocycles. The molecule has 0 saturated carbocycles. The SMILES string of the molecule is Cc1cccc(Cn2ccc(NC(=O)c3ccc(COc4ccc(Br)cc4Cl)cc3)n2)c1. The van der Waals surface area contributed by atoms with Crippen molar-refractivity contribution in [1.29, 1.82) is 0 Å². The maximum absolute atomic E-state index is 12.6. The number of aryl methyl sites for hydroxylation is 1.